The van der Waals surface area contributed by atoms with Gasteiger partial charge in [0.05, 0.1) is 17.5 Å². The Balaban J connectivity index is 2.18. The number of benzene rings is 1. The largest absolute Gasteiger partial charge is 0.288 e. The van der Waals surface area contributed by atoms with Crippen LogP contribution in [0.2, 0.25) is 0 Å². The van der Waals surface area contributed by atoms with Gasteiger partial charge in [0.25, 0.3) is 5.91 Å². The fourth-order valence-corrected chi connectivity index (χ4v) is 2.63. The predicted octanol–water partition coefficient (Wildman–Crippen LogP) is 2.45. The van der Waals surface area contributed by atoms with E-state index in [0.717, 1.165) is 5.56 Å². The summed E-state index contributed by atoms with van der Waals surface area (Å²) in [5.41, 5.74) is 1.02. The van der Waals surface area contributed by atoms with Crippen molar-refractivity contribution in [3.8, 4) is 6.07 Å². The standard InChI is InChI=1S/C12H8N2OS2/c13-7-6-10-11(15)14(12(16)17-10)8-9-4-2-1-3-5-9/h1-6H,8H2. The number of nitriles is 1. The van der Waals surface area contributed by atoms with Gasteiger partial charge in [-0.1, -0.05) is 54.3 Å². The summed E-state index contributed by atoms with van der Waals surface area (Å²) in [6.45, 7) is 0.453. The van der Waals surface area contributed by atoms with E-state index in [1.165, 1.54) is 22.7 Å². The van der Waals surface area contributed by atoms with Gasteiger partial charge in [-0.05, 0) is 5.56 Å². The molecule has 1 amide bonds. The molecule has 0 unspecified atom stereocenters. The number of thioether (sulfide) groups is 1. The third-order valence-corrected chi connectivity index (χ3v) is 3.63. The fourth-order valence-electron chi connectivity index (χ4n) is 1.46. The van der Waals surface area contributed by atoms with Crippen LogP contribution < -0.4 is 0 Å². The highest BCUT2D eigenvalue weighted by Gasteiger charge is 2.31. The number of thiocarbonyl (C=S) groups is 1. The molecule has 17 heavy (non-hydrogen) atoms. The van der Waals surface area contributed by atoms with Crippen LogP contribution in [0.3, 0.4) is 0 Å². The second-order valence-corrected chi connectivity index (χ2v) is 5.06. The number of amides is 1. The Morgan fingerprint density at radius 3 is 2.76 bits per heavy atom. The molecule has 0 saturated carbocycles. The van der Waals surface area contributed by atoms with E-state index in [9.17, 15) is 4.79 Å². The minimum Gasteiger partial charge on any atom is -0.288 e. The summed E-state index contributed by atoms with van der Waals surface area (Å²) in [6, 6.07) is 11.5. The molecule has 1 aromatic rings. The van der Waals surface area contributed by atoms with Gasteiger partial charge in [0.2, 0.25) is 0 Å². The topological polar surface area (TPSA) is 44.1 Å². The Morgan fingerprint density at radius 1 is 1.41 bits per heavy atom. The number of hydrogen-bond acceptors (Lipinski definition) is 4. The minimum atomic E-state index is -0.189. The average Bonchev–Trinajstić information content (AvgIpc) is 2.59. The first-order chi connectivity index (χ1) is 8.22. The van der Waals surface area contributed by atoms with E-state index < -0.39 is 0 Å². The van der Waals surface area contributed by atoms with Crippen LogP contribution in [-0.2, 0) is 11.3 Å². The molecule has 1 aliphatic heterocycles. The van der Waals surface area contributed by atoms with Gasteiger partial charge in [-0.25, -0.2) is 0 Å². The van der Waals surface area contributed by atoms with Gasteiger partial charge in [0, 0.05) is 6.08 Å². The zero-order chi connectivity index (χ0) is 12.3. The molecule has 1 aliphatic rings. The molecule has 1 saturated heterocycles. The lowest BCUT2D eigenvalue weighted by molar-refractivity contribution is -0.122. The van der Waals surface area contributed by atoms with Crippen molar-refractivity contribution < 1.29 is 4.79 Å². The lowest BCUT2D eigenvalue weighted by Crippen LogP contribution is -2.27. The SMILES string of the molecule is N#CC=C1SC(=S)N(Cc2ccccc2)C1=O. The molecule has 0 atom stereocenters. The molecule has 2 rings (SSSR count). The normalized spacial score (nSPS) is 17.6. The van der Waals surface area contributed by atoms with Crippen molar-refractivity contribution in [2.24, 2.45) is 0 Å². The number of hydrogen-bond donors (Lipinski definition) is 0. The number of rotatable bonds is 2. The molecule has 1 heterocycles. The molecule has 0 aliphatic carbocycles. The zero-order valence-corrected chi connectivity index (χ0v) is 10.4. The molecule has 1 fully saturated rings. The molecule has 0 bridgehead atoms. The van der Waals surface area contributed by atoms with Crippen LogP contribution in [0, 0.1) is 11.3 Å². The average molecular weight is 260 g/mol. The number of carbonyl (C=O) groups is 1. The molecule has 0 spiro atoms. The van der Waals surface area contributed by atoms with E-state index in [1.807, 2.05) is 36.4 Å². The van der Waals surface area contributed by atoms with E-state index in [-0.39, 0.29) is 5.91 Å². The number of nitrogens with zero attached hydrogens (tertiary/aromatic N) is 2. The third kappa shape index (κ3) is 2.54. The van der Waals surface area contributed by atoms with Crippen molar-refractivity contribution in [2.45, 2.75) is 6.54 Å². The predicted molar refractivity (Wildman–Crippen MR) is 70.9 cm³/mol. The van der Waals surface area contributed by atoms with Crippen LogP contribution in [0.5, 0.6) is 0 Å². The van der Waals surface area contributed by atoms with Gasteiger partial charge in [0.1, 0.15) is 4.32 Å². The smallest absolute Gasteiger partial charge is 0.267 e. The molecular formula is C12H8N2OS2. The highest BCUT2D eigenvalue weighted by molar-refractivity contribution is 8.26. The summed E-state index contributed by atoms with van der Waals surface area (Å²) < 4.78 is 0.500. The summed E-state index contributed by atoms with van der Waals surface area (Å²) in [5.74, 6) is -0.189. The van der Waals surface area contributed by atoms with Crippen molar-refractivity contribution in [3.05, 3.63) is 46.9 Å². The van der Waals surface area contributed by atoms with E-state index in [0.29, 0.717) is 15.8 Å². The summed E-state index contributed by atoms with van der Waals surface area (Å²) in [4.78, 5) is 13.8. The molecule has 1 aromatic carbocycles. The highest BCUT2D eigenvalue weighted by Crippen LogP contribution is 2.31. The van der Waals surface area contributed by atoms with Crippen LogP contribution in [0.25, 0.3) is 0 Å². The lowest BCUT2D eigenvalue weighted by Gasteiger charge is -2.14. The Hall–Kier alpha value is -1.64. The van der Waals surface area contributed by atoms with Gasteiger partial charge in [0.15, 0.2) is 0 Å². The van der Waals surface area contributed by atoms with Crippen molar-refractivity contribution in [2.75, 3.05) is 0 Å². The first kappa shape index (κ1) is 11.8. The van der Waals surface area contributed by atoms with E-state index >= 15 is 0 Å². The van der Waals surface area contributed by atoms with Crippen LogP contribution in [-0.4, -0.2) is 15.1 Å². The summed E-state index contributed by atoms with van der Waals surface area (Å²) in [5, 5.41) is 8.55. The first-order valence-corrected chi connectivity index (χ1v) is 6.12. The number of allylic oxidation sites excluding steroid dienone is 1. The van der Waals surface area contributed by atoms with Gasteiger partial charge in [-0.3, -0.25) is 9.69 Å². The van der Waals surface area contributed by atoms with Crippen LogP contribution in [0.15, 0.2) is 41.3 Å². The fraction of sp³-hybridized carbons (Fsp3) is 0.0833. The Morgan fingerprint density at radius 2 is 2.12 bits per heavy atom. The molecule has 3 nitrogen and oxygen atoms in total. The van der Waals surface area contributed by atoms with E-state index in [1.54, 1.807) is 0 Å². The lowest BCUT2D eigenvalue weighted by atomic mass is 10.2. The molecule has 0 radical (unpaired) electrons. The van der Waals surface area contributed by atoms with Crippen molar-refractivity contribution in [3.63, 3.8) is 0 Å². The van der Waals surface area contributed by atoms with Crippen LogP contribution >= 0.6 is 24.0 Å². The first-order valence-electron chi connectivity index (χ1n) is 4.90. The summed E-state index contributed by atoms with van der Waals surface area (Å²) in [7, 11) is 0. The van der Waals surface area contributed by atoms with Gasteiger partial charge < -0.3 is 0 Å². The van der Waals surface area contributed by atoms with E-state index in [4.69, 9.17) is 17.5 Å². The maximum absolute atomic E-state index is 11.9. The van der Waals surface area contributed by atoms with Gasteiger partial charge in [-0.15, -0.1) is 0 Å². The maximum Gasteiger partial charge on any atom is 0.267 e. The molecule has 84 valence electrons. The van der Waals surface area contributed by atoms with Gasteiger partial charge in [-0.2, -0.15) is 5.26 Å². The quantitative estimate of drug-likeness (QED) is 0.465. The Kier molecular flexibility index (Phi) is 3.57. The van der Waals surface area contributed by atoms with E-state index in [2.05, 4.69) is 0 Å². The summed E-state index contributed by atoms with van der Waals surface area (Å²) in [6.07, 6.45) is 1.24. The Bertz CT molecular complexity index is 531. The minimum absolute atomic E-state index is 0.189. The summed E-state index contributed by atoms with van der Waals surface area (Å²) >= 11 is 6.30. The monoisotopic (exact) mass is 260 g/mol. The maximum atomic E-state index is 11.9. The molecular weight excluding hydrogens is 252 g/mol. The van der Waals surface area contributed by atoms with Crippen molar-refractivity contribution in [1.29, 1.82) is 5.26 Å². The molecule has 0 aromatic heterocycles. The number of carbonyl (C=O) groups excluding carboxylic acids is 1. The van der Waals surface area contributed by atoms with Crippen LogP contribution in [0.1, 0.15) is 5.56 Å². The van der Waals surface area contributed by atoms with Gasteiger partial charge >= 0.3 is 0 Å². The molecule has 5 heteroatoms. The zero-order valence-electron chi connectivity index (χ0n) is 8.79. The molecule has 0 N–H and O–H groups in total. The van der Waals surface area contributed by atoms with Crippen molar-refractivity contribution >= 4 is 34.2 Å². The highest BCUT2D eigenvalue weighted by atomic mass is 32.2. The third-order valence-electron chi connectivity index (χ3n) is 2.25. The second kappa shape index (κ2) is 5.13. The second-order valence-electron chi connectivity index (χ2n) is 3.38. The van der Waals surface area contributed by atoms with Crippen LogP contribution in [0.4, 0.5) is 0 Å². The van der Waals surface area contributed by atoms with Crippen molar-refractivity contribution in [1.82, 2.24) is 4.90 Å². The Labute approximate surface area is 109 Å².